The van der Waals surface area contributed by atoms with Crippen molar-refractivity contribution in [3.05, 3.63) is 30.1 Å². The molecule has 0 radical (unpaired) electrons. The Bertz CT molecular complexity index is 763. The van der Waals surface area contributed by atoms with Crippen LogP contribution in [0.1, 0.15) is 11.4 Å². The topological polar surface area (TPSA) is 115 Å². The Balaban J connectivity index is 1.88. The molecule has 0 saturated heterocycles. The third-order valence-corrected chi connectivity index (χ3v) is 2.60. The van der Waals surface area contributed by atoms with Gasteiger partial charge in [0.05, 0.1) is 7.11 Å². The zero-order chi connectivity index (χ0) is 13.9. The first kappa shape index (κ1) is 12.0. The van der Waals surface area contributed by atoms with Gasteiger partial charge in [0.1, 0.15) is 17.7 Å². The van der Waals surface area contributed by atoms with Crippen LogP contribution in [0.2, 0.25) is 0 Å². The zero-order valence-corrected chi connectivity index (χ0v) is 10.6. The fraction of sp³-hybridized carbons (Fsp3) is 0.0833. The molecular weight excluding hydrogens is 258 g/mol. The predicted molar refractivity (Wildman–Crippen MR) is 73.6 cm³/mol. The van der Waals surface area contributed by atoms with Crippen LogP contribution in [0, 0.1) is 0 Å². The molecule has 0 spiro atoms. The summed E-state index contributed by atoms with van der Waals surface area (Å²) in [7, 11) is 1.52. The molecule has 0 aromatic carbocycles. The smallest absolute Gasteiger partial charge is 0.316 e. The Morgan fingerprint density at radius 2 is 1.95 bits per heavy atom. The Morgan fingerprint density at radius 3 is 2.65 bits per heavy atom. The highest BCUT2D eigenvalue weighted by Crippen LogP contribution is 2.14. The van der Waals surface area contributed by atoms with Crippen molar-refractivity contribution < 1.29 is 4.74 Å². The van der Waals surface area contributed by atoms with Gasteiger partial charge >= 0.3 is 6.01 Å². The van der Waals surface area contributed by atoms with Gasteiger partial charge in [0.15, 0.2) is 11.5 Å². The molecule has 20 heavy (non-hydrogen) atoms. The first-order valence-corrected chi connectivity index (χ1v) is 5.76. The third kappa shape index (κ3) is 2.26. The number of nitrogens with zero attached hydrogens (tertiary/aromatic N) is 5. The molecule has 3 rings (SSSR count). The highest BCUT2D eigenvalue weighted by atomic mass is 16.5. The van der Waals surface area contributed by atoms with E-state index in [1.807, 2.05) is 6.08 Å². The van der Waals surface area contributed by atoms with E-state index >= 15 is 0 Å². The first-order valence-electron chi connectivity index (χ1n) is 5.76. The van der Waals surface area contributed by atoms with Crippen LogP contribution in [-0.2, 0) is 0 Å². The van der Waals surface area contributed by atoms with Crippen molar-refractivity contribution in [1.29, 1.82) is 0 Å². The second-order valence-electron chi connectivity index (χ2n) is 3.92. The average Bonchev–Trinajstić information content (AvgIpc) is 2.90. The molecule has 0 amide bonds. The molecule has 0 aliphatic carbocycles. The number of anilines is 1. The SMILES string of the molecule is COc1ncc(/C=C/c2nc3ncnc(N)c3[nH]2)cn1. The van der Waals surface area contributed by atoms with Crippen molar-refractivity contribution in [3.8, 4) is 6.01 Å². The molecule has 100 valence electrons. The molecule has 3 N–H and O–H groups in total. The van der Waals surface area contributed by atoms with E-state index < -0.39 is 0 Å². The van der Waals surface area contributed by atoms with Crippen LogP contribution in [0.5, 0.6) is 6.01 Å². The lowest BCUT2D eigenvalue weighted by Gasteiger charge is -1.96. The molecule has 0 aliphatic rings. The Labute approximate surface area is 113 Å². The molecule has 0 fully saturated rings. The van der Waals surface area contributed by atoms with Gasteiger partial charge in [-0.1, -0.05) is 0 Å². The number of imidazole rings is 1. The number of ether oxygens (including phenoxy) is 1. The van der Waals surface area contributed by atoms with Crippen LogP contribution in [0.4, 0.5) is 5.82 Å². The molecule has 3 aromatic heterocycles. The number of fused-ring (bicyclic) bond motifs is 1. The third-order valence-electron chi connectivity index (χ3n) is 2.60. The number of hydrogen-bond donors (Lipinski definition) is 2. The Morgan fingerprint density at radius 1 is 1.15 bits per heavy atom. The fourth-order valence-corrected chi connectivity index (χ4v) is 1.64. The second kappa shape index (κ2) is 4.92. The van der Waals surface area contributed by atoms with Gasteiger partial charge in [0.2, 0.25) is 0 Å². The lowest BCUT2D eigenvalue weighted by atomic mass is 10.3. The molecule has 0 unspecified atom stereocenters. The minimum Gasteiger partial charge on any atom is -0.467 e. The van der Waals surface area contributed by atoms with Crippen LogP contribution < -0.4 is 10.5 Å². The number of H-pyrrole nitrogens is 1. The number of nitrogens with two attached hydrogens (primary N) is 1. The maximum Gasteiger partial charge on any atom is 0.316 e. The predicted octanol–water partition coefficient (Wildman–Crippen LogP) is 0.904. The van der Waals surface area contributed by atoms with E-state index in [1.54, 1.807) is 18.5 Å². The summed E-state index contributed by atoms with van der Waals surface area (Å²) in [4.78, 5) is 23.3. The van der Waals surface area contributed by atoms with Crippen LogP contribution in [0.15, 0.2) is 18.7 Å². The number of nitrogens with one attached hydrogen (secondary N) is 1. The van der Waals surface area contributed by atoms with E-state index in [0.717, 1.165) is 5.56 Å². The summed E-state index contributed by atoms with van der Waals surface area (Å²) < 4.78 is 4.89. The summed E-state index contributed by atoms with van der Waals surface area (Å²) in [6.07, 6.45) is 8.29. The summed E-state index contributed by atoms with van der Waals surface area (Å²) in [6.45, 7) is 0. The highest BCUT2D eigenvalue weighted by Gasteiger charge is 2.05. The van der Waals surface area contributed by atoms with Gasteiger partial charge in [-0.05, 0) is 12.2 Å². The van der Waals surface area contributed by atoms with Crippen molar-refractivity contribution in [2.24, 2.45) is 0 Å². The van der Waals surface area contributed by atoms with Gasteiger partial charge in [-0.3, -0.25) is 0 Å². The normalized spacial score (nSPS) is 11.2. The molecular formula is C12H11N7O. The average molecular weight is 269 g/mol. The fourth-order valence-electron chi connectivity index (χ4n) is 1.64. The van der Waals surface area contributed by atoms with E-state index in [9.17, 15) is 0 Å². The largest absolute Gasteiger partial charge is 0.467 e. The van der Waals surface area contributed by atoms with E-state index in [2.05, 4.69) is 29.9 Å². The van der Waals surface area contributed by atoms with Crippen molar-refractivity contribution >= 4 is 29.1 Å². The van der Waals surface area contributed by atoms with E-state index in [4.69, 9.17) is 10.5 Å². The number of hydrogen-bond acceptors (Lipinski definition) is 7. The zero-order valence-electron chi connectivity index (χ0n) is 10.6. The standard InChI is InChI=1S/C12H11N7O/c1-20-12-14-4-7(5-15-12)2-3-8-18-9-10(13)16-6-17-11(9)19-8/h2-6H,1H3,(H3,13,16,17,18,19)/b3-2+. The highest BCUT2D eigenvalue weighted by molar-refractivity contribution is 5.83. The number of nitrogen functional groups attached to an aromatic ring is 1. The summed E-state index contributed by atoms with van der Waals surface area (Å²) in [5.41, 5.74) is 7.71. The number of rotatable bonds is 3. The van der Waals surface area contributed by atoms with Gasteiger partial charge in [-0.15, -0.1) is 0 Å². The summed E-state index contributed by atoms with van der Waals surface area (Å²) in [5, 5.41) is 0. The quantitative estimate of drug-likeness (QED) is 0.725. The van der Waals surface area contributed by atoms with Gasteiger partial charge in [0.25, 0.3) is 0 Å². The number of aromatic amines is 1. The maximum atomic E-state index is 5.73. The minimum absolute atomic E-state index is 0.328. The molecule has 0 atom stereocenters. The Hall–Kier alpha value is -3.03. The minimum atomic E-state index is 0.328. The van der Waals surface area contributed by atoms with Crippen LogP contribution in [0.3, 0.4) is 0 Å². The van der Waals surface area contributed by atoms with Gasteiger partial charge in [-0.25, -0.2) is 24.9 Å². The van der Waals surface area contributed by atoms with Gasteiger partial charge in [0, 0.05) is 18.0 Å². The molecule has 3 heterocycles. The van der Waals surface area contributed by atoms with Crippen molar-refractivity contribution in [2.45, 2.75) is 0 Å². The van der Waals surface area contributed by atoms with Crippen molar-refractivity contribution in [2.75, 3.05) is 12.8 Å². The van der Waals surface area contributed by atoms with E-state index in [0.29, 0.717) is 28.8 Å². The summed E-state index contributed by atoms with van der Waals surface area (Å²) in [5.74, 6) is 0.998. The van der Waals surface area contributed by atoms with Gasteiger partial charge in [-0.2, -0.15) is 0 Å². The maximum absolute atomic E-state index is 5.73. The van der Waals surface area contributed by atoms with Crippen LogP contribution >= 0.6 is 0 Å². The molecule has 0 saturated carbocycles. The lowest BCUT2D eigenvalue weighted by molar-refractivity contribution is 0.379. The van der Waals surface area contributed by atoms with Crippen molar-refractivity contribution in [1.82, 2.24) is 29.9 Å². The molecule has 0 aliphatic heterocycles. The molecule has 8 heteroatoms. The van der Waals surface area contributed by atoms with Crippen LogP contribution in [-0.4, -0.2) is 37.0 Å². The monoisotopic (exact) mass is 269 g/mol. The summed E-state index contributed by atoms with van der Waals surface area (Å²) >= 11 is 0. The molecule has 8 nitrogen and oxygen atoms in total. The number of methoxy groups -OCH3 is 1. The second-order valence-corrected chi connectivity index (χ2v) is 3.92. The van der Waals surface area contributed by atoms with E-state index in [-0.39, 0.29) is 0 Å². The number of aromatic nitrogens is 6. The lowest BCUT2D eigenvalue weighted by Crippen LogP contribution is -1.91. The molecule has 0 bridgehead atoms. The Kier molecular flexibility index (Phi) is 2.96. The summed E-state index contributed by atoms with van der Waals surface area (Å²) in [6, 6.07) is 0.328. The van der Waals surface area contributed by atoms with E-state index in [1.165, 1.54) is 13.4 Å². The van der Waals surface area contributed by atoms with Crippen molar-refractivity contribution in [3.63, 3.8) is 0 Å². The van der Waals surface area contributed by atoms with Gasteiger partial charge < -0.3 is 15.5 Å². The first-order chi connectivity index (χ1) is 9.76. The molecule has 3 aromatic rings. The van der Waals surface area contributed by atoms with Crippen LogP contribution in [0.25, 0.3) is 23.3 Å².